The number of rotatable bonds is 5. The number of aryl methyl sites for hydroxylation is 1. The van der Waals surface area contributed by atoms with Crippen LogP contribution in [-0.4, -0.2) is 60.9 Å². The topological polar surface area (TPSA) is 43.9 Å². The number of amides is 2. The Morgan fingerprint density at radius 2 is 1.69 bits per heavy atom. The van der Waals surface area contributed by atoms with Crippen molar-refractivity contribution in [3.8, 4) is 0 Å². The lowest BCUT2D eigenvalue weighted by molar-refractivity contribution is -0.133. The zero-order valence-corrected chi connectivity index (χ0v) is 17.3. The second-order valence-corrected chi connectivity index (χ2v) is 8.15. The van der Waals surface area contributed by atoms with Crippen LogP contribution in [0.1, 0.15) is 17.5 Å². The van der Waals surface area contributed by atoms with Gasteiger partial charge >= 0.3 is 0 Å². The Kier molecular flexibility index (Phi) is 6.16. The number of hydrogen-bond donors (Lipinski definition) is 0. The molecule has 2 amide bonds. The van der Waals surface area contributed by atoms with Gasteiger partial charge in [0.05, 0.1) is 6.54 Å². The summed E-state index contributed by atoms with van der Waals surface area (Å²) >= 11 is 6.01. The molecule has 0 spiro atoms. The van der Waals surface area contributed by atoms with Crippen LogP contribution >= 0.6 is 11.6 Å². The maximum Gasteiger partial charge on any atom is 0.241 e. The van der Waals surface area contributed by atoms with Crippen LogP contribution in [0.2, 0.25) is 5.02 Å². The van der Waals surface area contributed by atoms with Crippen LogP contribution in [0.4, 0.5) is 5.69 Å². The molecule has 0 atom stereocenters. The molecule has 5 nitrogen and oxygen atoms in total. The summed E-state index contributed by atoms with van der Waals surface area (Å²) in [6, 6.07) is 15.8. The summed E-state index contributed by atoms with van der Waals surface area (Å²) in [6.45, 7) is 4.02. The first-order chi connectivity index (χ1) is 14.1. The van der Waals surface area contributed by atoms with Gasteiger partial charge in [-0.1, -0.05) is 41.9 Å². The van der Waals surface area contributed by atoms with Crippen molar-refractivity contribution in [2.24, 2.45) is 0 Å². The molecule has 0 aliphatic carbocycles. The maximum atomic E-state index is 12.8. The van der Waals surface area contributed by atoms with E-state index in [1.165, 1.54) is 5.56 Å². The van der Waals surface area contributed by atoms with E-state index < -0.39 is 0 Å². The fourth-order valence-electron chi connectivity index (χ4n) is 4.13. The molecule has 2 aromatic carbocycles. The van der Waals surface area contributed by atoms with Gasteiger partial charge in [-0.3, -0.25) is 14.5 Å². The molecule has 4 rings (SSSR count). The Hall–Kier alpha value is -2.37. The van der Waals surface area contributed by atoms with Gasteiger partial charge in [0.1, 0.15) is 0 Å². The van der Waals surface area contributed by atoms with Crippen LogP contribution in [0.3, 0.4) is 0 Å². The van der Waals surface area contributed by atoms with E-state index in [4.69, 9.17) is 11.6 Å². The third kappa shape index (κ3) is 4.80. The average Bonchev–Trinajstić information content (AvgIpc) is 3.17. The van der Waals surface area contributed by atoms with Crippen molar-refractivity contribution in [2.45, 2.75) is 19.3 Å². The number of halogens is 1. The lowest BCUT2D eigenvalue weighted by atomic mass is 10.1. The molecule has 6 heteroatoms. The molecule has 29 heavy (non-hydrogen) atoms. The number of para-hydroxylation sites is 1. The first-order valence-electron chi connectivity index (χ1n) is 10.2. The third-order valence-electron chi connectivity index (χ3n) is 5.79. The Labute approximate surface area is 176 Å². The smallest absolute Gasteiger partial charge is 0.241 e. The van der Waals surface area contributed by atoms with Gasteiger partial charge in [0.2, 0.25) is 11.8 Å². The van der Waals surface area contributed by atoms with Crippen LogP contribution in [0, 0.1) is 0 Å². The molecular weight excluding hydrogens is 386 g/mol. The number of carbonyl (C=O) groups is 2. The molecule has 0 radical (unpaired) electrons. The van der Waals surface area contributed by atoms with Crippen LogP contribution in [0.15, 0.2) is 48.5 Å². The fourth-order valence-corrected chi connectivity index (χ4v) is 4.34. The maximum absolute atomic E-state index is 12.8. The number of benzene rings is 2. The second-order valence-electron chi connectivity index (χ2n) is 7.71. The quantitative estimate of drug-likeness (QED) is 0.759. The lowest BCUT2D eigenvalue weighted by Gasteiger charge is -2.35. The summed E-state index contributed by atoms with van der Waals surface area (Å²) in [5.74, 6) is 0.320. The summed E-state index contributed by atoms with van der Waals surface area (Å²) < 4.78 is 0. The summed E-state index contributed by atoms with van der Waals surface area (Å²) in [6.07, 6.45) is 2.12. The fraction of sp³-hybridized carbons (Fsp3) is 0.391. The van der Waals surface area contributed by atoms with Crippen LogP contribution < -0.4 is 4.90 Å². The van der Waals surface area contributed by atoms with Gasteiger partial charge in [-0.2, -0.15) is 0 Å². The van der Waals surface area contributed by atoms with Gasteiger partial charge in [0, 0.05) is 49.9 Å². The molecule has 2 heterocycles. The number of nitrogens with zero attached hydrogens (tertiary/aromatic N) is 3. The van der Waals surface area contributed by atoms with Crippen molar-refractivity contribution >= 4 is 29.1 Å². The minimum absolute atomic E-state index is 0.149. The number of fused-ring (bicyclic) bond motifs is 1. The highest BCUT2D eigenvalue weighted by Gasteiger charge is 2.27. The first kappa shape index (κ1) is 19.9. The minimum atomic E-state index is 0.149. The second kappa shape index (κ2) is 8.97. The van der Waals surface area contributed by atoms with Crippen molar-refractivity contribution in [3.63, 3.8) is 0 Å². The molecule has 2 aliphatic heterocycles. The van der Waals surface area contributed by atoms with Crippen molar-refractivity contribution in [1.82, 2.24) is 9.80 Å². The molecule has 2 aliphatic rings. The van der Waals surface area contributed by atoms with E-state index in [9.17, 15) is 9.59 Å². The molecule has 152 valence electrons. The molecule has 0 saturated carbocycles. The standard InChI is InChI=1S/C23H26ClN3O2/c24-20-6-3-4-18(16-20)8-9-22(28)26-14-12-25(13-15-26)17-23(29)27-11-10-19-5-1-2-7-21(19)27/h1-7,16H,8-15,17H2. The van der Waals surface area contributed by atoms with Crippen LogP contribution in [-0.2, 0) is 22.4 Å². The summed E-state index contributed by atoms with van der Waals surface area (Å²) in [7, 11) is 0. The molecule has 0 N–H and O–H groups in total. The minimum Gasteiger partial charge on any atom is -0.340 e. The van der Waals surface area contributed by atoms with E-state index in [2.05, 4.69) is 11.0 Å². The molecular formula is C23H26ClN3O2. The van der Waals surface area contributed by atoms with Gasteiger partial charge in [0.25, 0.3) is 0 Å². The Morgan fingerprint density at radius 1 is 0.897 bits per heavy atom. The van der Waals surface area contributed by atoms with Crippen LogP contribution in [0.5, 0.6) is 0 Å². The van der Waals surface area contributed by atoms with E-state index >= 15 is 0 Å². The normalized spacial score (nSPS) is 16.7. The zero-order chi connectivity index (χ0) is 20.2. The predicted molar refractivity (Wildman–Crippen MR) is 115 cm³/mol. The number of anilines is 1. The Morgan fingerprint density at radius 3 is 2.48 bits per heavy atom. The highest BCUT2D eigenvalue weighted by molar-refractivity contribution is 6.30. The van der Waals surface area contributed by atoms with Crippen molar-refractivity contribution in [3.05, 3.63) is 64.7 Å². The van der Waals surface area contributed by atoms with Gasteiger partial charge in [0.15, 0.2) is 0 Å². The SMILES string of the molecule is O=C(CCc1cccc(Cl)c1)N1CCN(CC(=O)N2CCc3ccccc32)CC1. The van der Waals surface area contributed by atoms with Crippen molar-refractivity contribution in [1.29, 1.82) is 0 Å². The third-order valence-corrected chi connectivity index (χ3v) is 6.02. The number of piperazine rings is 1. The van der Waals surface area contributed by atoms with E-state index in [1.807, 2.05) is 52.3 Å². The lowest BCUT2D eigenvalue weighted by Crippen LogP contribution is -2.51. The summed E-state index contributed by atoms with van der Waals surface area (Å²) in [4.78, 5) is 31.3. The molecule has 1 saturated heterocycles. The summed E-state index contributed by atoms with van der Waals surface area (Å²) in [5.41, 5.74) is 3.38. The van der Waals surface area contributed by atoms with E-state index in [0.717, 1.165) is 37.3 Å². The molecule has 0 unspecified atom stereocenters. The van der Waals surface area contributed by atoms with Gasteiger partial charge in [-0.15, -0.1) is 0 Å². The van der Waals surface area contributed by atoms with Crippen molar-refractivity contribution in [2.75, 3.05) is 44.2 Å². The van der Waals surface area contributed by atoms with Gasteiger partial charge < -0.3 is 9.80 Å². The highest BCUT2D eigenvalue weighted by Crippen LogP contribution is 2.27. The molecule has 1 fully saturated rings. The largest absolute Gasteiger partial charge is 0.340 e. The molecule has 0 aromatic heterocycles. The molecule has 2 aromatic rings. The number of carbonyl (C=O) groups excluding carboxylic acids is 2. The zero-order valence-electron chi connectivity index (χ0n) is 16.5. The monoisotopic (exact) mass is 411 g/mol. The number of hydrogen-bond acceptors (Lipinski definition) is 3. The van der Waals surface area contributed by atoms with Gasteiger partial charge in [-0.25, -0.2) is 0 Å². The first-order valence-corrected chi connectivity index (χ1v) is 10.6. The molecule has 0 bridgehead atoms. The summed E-state index contributed by atoms with van der Waals surface area (Å²) in [5, 5.41) is 0.703. The van der Waals surface area contributed by atoms with Crippen molar-refractivity contribution < 1.29 is 9.59 Å². The van der Waals surface area contributed by atoms with E-state index in [1.54, 1.807) is 0 Å². The Balaban J connectivity index is 1.23. The Bertz CT molecular complexity index is 893. The van der Waals surface area contributed by atoms with E-state index in [-0.39, 0.29) is 11.8 Å². The van der Waals surface area contributed by atoms with Crippen LogP contribution in [0.25, 0.3) is 0 Å². The van der Waals surface area contributed by atoms with E-state index in [0.29, 0.717) is 37.5 Å². The highest BCUT2D eigenvalue weighted by atomic mass is 35.5. The van der Waals surface area contributed by atoms with Gasteiger partial charge in [-0.05, 0) is 42.2 Å². The predicted octanol–water partition coefficient (Wildman–Crippen LogP) is 3.01. The average molecular weight is 412 g/mol.